The normalized spacial score (nSPS) is 17.5. The van der Waals surface area contributed by atoms with Crippen LogP contribution in [-0.4, -0.2) is 40.3 Å². The van der Waals surface area contributed by atoms with Crippen molar-refractivity contribution in [3.05, 3.63) is 59.7 Å². The lowest BCUT2D eigenvalue weighted by Gasteiger charge is -2.17. The first-order valence-corrected chi connectivity index (χ1v) is 8.54. The molecule has 1 aromatic heterocycles. The molecule has 0 radical (unpaired) electrons. The Morgan fingerprint density at radius 3 is 2.80 bits per heavy atom. The van der Waals surface area contributed by atoms with E-state index in [1.807, 2.05) is 41.3 Å². The van der Waals surface area contributed by atoms with Crippen LogP contribution in [0.3, 0.4) is 0 Å². The molecule has 25 heavy (non-hydrogen) atoms. The summed E-state index contributed by atoms with van der Waals surface area (Å²) in [5.41, 5.74) is 3.89. The van der Waals surface area contributed by atoms with E-state index in [0.717, 1.165) is 36.1 Å². The molecule has 6 heteroatoms. The van der Waals surface area contributed by atoms with Crippen molar-refractivity contribution in [3.8, 4) is 0 Å². The molecule has 0 unspecified atom stereocenters. The number of benzene rings is 2. The van der Waals surface area contributed by atoms with E-state index in [1.54, 1.807) is 0 Å². The molecule has 0 aliphatic carbocycles. The number of carbonyl (C=O) groups excluding carboxylic acids is 1. The molecule has 1 N–H and O–H groups in total. The molecule has 3 aromatic rings. The average Bonchev–Trinajstić information content (AvgIpc) is 3.25. The summed E-state index contributed by atoms with van der Waals surface area (Å²) in [5, 5.41) is 11.1. The molecule has 0 bridgehead atoms. The van der Waals surface area contributed by atoms with Crippen molar-refractivity contribution in [1.82, 2.24) is 20.5 Å². The van der Waals surface area contributed by atoms with Gasteiger partial charge in [0, 0.05) is 32.1 Å². The first kappa shape index (κ1) is 15.8. The van der Waals surface area contributed by atoms with E-state index in [2.05, 4.69) is 27.8 Å². The van der Waals surface area contributed by atoms with Gasteiger partial charge in [0.05, 0.1) is 0 Å². The van der Waals surface area contributed by atoms with Gasteiger partial charge in [-0.2, -0.15) is 0 Å². The van der Waals surface area contributed by atoms with E-state index in [4.69, 9.17) is 4.63 Å². The quantitative estimate of drug-likeness (QED) is 0.747. The fourth-order valence-electron chi connectivity index (χ4n) is 3.23. The number of nitrogens with one attached hydrogen (secondary N) is 1. The van der Waals surface area contributed by atoms with Crippen LogP contribution >= 0.6 is 0 Å². The number of hydrogen-bond donors (Lipinski definition) is 1. The summed E-state index contributed by atoms with van der Waals surface area (Å²) >= 11 is 0. The zero-order valence-corrected chi connectivity index (χ0v) is 13.9. The van der Waals surface area contributed by atoms with E-state index in [9.17, 15) is 4.79 Å². The maximum absolute atomic E-state index is 12.2. The molecule has 2 heterocycles. The number of hydrogen-bond acceptors (Lipinski definition) is 5. The Morgan fingerprint density at radius 2 is 1.92 bits per heavy atom. The maximum atomic E-state index is 12.2. The van der Waals surface area contributed by atoms with Gasteiger partial charge in [-0.15, -0.1) is 0 Å². The van der Waals surface area contributed by atoms with Crippen LogP contribution in [0.25, 0.3) is 11.0 Å². The summed E-state index contributed by atoms with van der Waals surface area (Å²) in [6, 6.07) is 16.3. The summed E-state index contributed by atoms with van der Waals surface area (Å²) < 4.78 is 4.72. The number of carbonyl (C=O) groups is 1. The van der Waals surface area contributed by atoms with Gasteiger partial charge in [-0.1, -0.05) is 36.4 Å². The maximum Gasteiger partial charge on any atom is 0.224 e. The Kier molecular flexibility index (Phi) is 4.43. The molecule has 1 saturated heterocycles. The minimum Gasteiger partial charge on any atom is -0.341 e. The smallest absolute Gasteiger partial charge is 0.224 e. The second kappa shape index (κ2) is 7.03. The standard InChI is InChI=1S/C19H20N4O2/c24-19-11-16(13-23(19)9-8-14-4-2-1-3-5-14)20-12-15-6-7-17-18(10-15)22-25-21-17/h1-7,10,16,20H,8-9,11-13H2/t16-/m1/s1. The van der Waals surface area contributed by atoms with Gasteiger partial charge in [-0.05, 0) is 40.0 Å². The lowest BCUT2D eigenvalue weighted by atomic mass is 10.1. The number of fused-ring (bicyclic) bond motifs is 1. The molecule has 1 atom stereocenters. The fraction of sp³-hybridized carbons (Fsp3) is 0.316. The Hall–Kier alpha value is -2.73. The molecule has 0 saturated carbocycles. The highest BCUT2D eigenvalue weighted by Crippen LogP contribution is 2.15. The van der Waals surface area contributed by atoms with Crippen LogP contribution < -0.4 is 5.32 Å². The minimum absolute atomic E-state index is 0.189. The Labute approximate surface area is 145 Å². The second-order valence-electron chi connectivity index (χ2n) is 6.44. The number of likely N-dealkylation sites (tertiary alicyclic amines) is 1. The van der Waals surface area contributed by atoms with Gasteiger partial charge in [-0.25, -0.2) is 4.63 Å². The van der Waals surface area contributed by atoms with E-state index in [1.165, 1.54) is 5.56 Å². The summed E-state index contributed by atoms with van der Waals surface area (Å²) in [7, 11) is 0. The molecular weight excluding hydrogens is 316 g/mol. The average molecular weight is 336 g/mol. The van der Waals surface area contributed by atoms with Gasteiger partial charge >= 0.3 is 0 Å². The van der Waals surface area contributed by atoms with Crippen molar-refractivity contribution in [1.29, 1.82) is 0 Å². The van der Waals surface area contributed by atoms with Gasteiger partial charge in [0.2, 0.25) is 5.91 Å². The van der Waals surface area contributed by atoms with Gasteiger partial charge in [-0.3, -0.25) is 4.79 Å². The summed E-state index contributed by atoms with van der Waals surface area (Å²) in [6.07, 6.45) is 1.46. The molecule has 1 aliphatic heterocycles. The topological polar surface area (TPSA) is 71.3 Å². The molecule has 128 valence electrons. The van der Waals surface area contributed by atoms with Crippen LogP contribution in [0.5, 0.6) is 0 Å². The Morgan fingerprint density at radius 1 is 1.08 bits per heavy atom. The highest BCUT2D eigenvalue weighted by Gasteiger charge is 2.28. The first-order chi connectivity index (χ1) is 12.3. The largest absolute Gasteiger partial charge is 0.341 e. The van der Waals surface area contributed by atoms with Gasteiger partial charge in [0.15, 0.2) is 0 Å². The fourth-order valence-corrected chi connectivity index (χ4v) is 3.23. The van der Waals surface area contributed by atoms with Crippen LogP contribution in [0.15, 0.2) is 53.2 Å². The zero-order valence-electron chi connectivity index (χ0n) is 13.9. The number of aromatic nitrogens is 2. The predicted molar refractivity (Wildman–Crippen MR) is 93.8 cm³/mol. The first-order valence-electron chi connectivity index (χ1n) is 8.54. The van der Waals surface area contributed by atoms with Gasteiger partial charge in [0.25, 0.3) is 0 Å². The third kappa shape index (κ3) is 3.69. The monoisotopic (exact) mass is 336 g/mol. The molecule has 1 amide bonds. The highest BCUT2D eigenvalue weighted by atomic mass is 16.6. The van der Waals surface area contributed by atoms with Crippen molar-refractivity contribution < 1.29 is 9.42 Å². The Balaban J connectivity index is 1.29. The van der Waals surface area contributed by atoms with E-state index < -0.39 is 0 Å². The third-order valence-corrected chi connectivity index (χ3v) is 4.64. The van der Waals surface area contributed by atoms with Crippen molar-refractivity contribution in [2.45, 2.75) is 25.4 Å². The lowest BCUT2D eigenvalue weighted by Crippen LogP contribution is -2.33. The summed E-state index contributed by atoms with van der Waals surface area (Å²) in [4.78, 5) is 14.2. The van der Waals surface area contributed by atoms with Crippen LogP contribution in [0.1, 0.15) is 17.5 Å². The van der Waals surface area contributed by atoms with Crippen LogP contribution in [-0.2, 0) is 17.8 Å². The minimum atomic E-state index is 0.189. The van der Waals surface area contributed by atoms with Crippen molar-refractivity contribution in [2.75, 3.05) is 13.1 Å². The molecule has 1 fully saturated rings. The molecular formula is C19H20N4O2. The summed E-state index contributed by atoms with van der Waals surface area (Å²) in [5.74, 6) is 0.226. The number of amides is 1. The van der Waals surface area contributed by atoms with Crippen molar-refractivity contribution in [3.63, 3.8) is 0 Å². The molecule has 0 spiro atoms. The summed E-state index contributed by atoms with van der Waals surface area (Å²) in [6.45, 7) is 2.24. The van der Waals surface area contributed by atoms with E-state index in [-0.39, 0.29) is 11.9 Å². The number of nitrogens with zero attached hydrogens (tertiary/aromatic N) is 3. The second-order valence-corrected chi connectivity index (χ2v) is 6.44. The van der Waals surface area contributed by atoms with Crippen LogP contribution in [0, 0.1) is 0 Å². The zero-order chi connectivity index (χ0) is 17.1. The number of rotatable bonds is 6. The van der Waals surface area contributed by atoms with E-state index >= 15 is 0 Å². The molecule has 2 aromatic carbocycles. The molecule has 1 aliphatic rings. The van der Waals surface area contributed by atoms with Crippen molar-refractivity contribution >= 4 is 16.9 Å². The lowest BCUT2D eigenvalue weighted by molar-refractivity contribution is -0.127. The van der Waals surface area contributed by atoms with Gasteiger partial charge < -0.3 is 10.2 Å². The molecule has 6 nitrogen and oxygen atoms in total. The third-order valence-electron chi connectivity index (χ3n) is 4.64. The highest BCUT2D eigenvalue weighted by molar-refractivity contribution is 5.79. The molecule has 4 rings (SSSR count). The van der Waals surface area contributed by atoms with Crippen LogP contribution in [0.4, 0.5) is 0 Å². The van der Waals surface area contributed by atoms with Crippen LogP contribution in [0.2, 0.25) is 0 Å². The SMILES string of the molecule is O=C1C[C@@H](NCc2ccc3nonc3c2)CN1CCc1ccccc1. The van der Waals surface area contributed by atoms with Crippen molar-refractivity contribution in [2.24, 2.45) is 0 Å². The van der Waals surface area contributed by atoms with E-state index in [0.29, 0.717) is 13.0 Å². The van der Waals surface area contributed by atoms with Gasteiger partial charge in [0.1, 0.15) is 11.0 Å². The predicted octanol–water partition coefficient (Wildman–Crippen LogP) is 2.16. The Bertz CT molecular complexity index is 862.